The minimum atomic E-state index is -0.665. The molecule has 0 bridgehead atoms. The number of nitrogens with one attached hydrogen (secondary N) is 1. The van der Waals surface area contributed by atoms with Gasteiger partial charge in [0.2, 0.25) is 5.91 Å². The Kier molecular flexibility index (Phi) is 9.69. The minimum Gasteiger partial charge on any atom is -0.483 e. The maximum absolute atomic E-state index is 13.7. The second-order valence-electron chi connectivity index (χ2n) is 9.91. The van der Waals surface area contributed by atoms with Crippen molar-refractivity contribution in [2.45, 2.75) is 53.6 Å². The lowest BCUT2D eigenvalue weighted by molar-refractivity contribution is -0.142. The van der Waals surface area contributed by atoms with Gasteiger partial charge in [-0.3, -0.25) is 9.59 Å². The molecule has 0 spiro atoms. The van der Waals surface area contributed by atoms with E-state index in [1.54, 1.807) is 4.90 Å². The van der Waals surface area contributed by atoms with Crippen molar-refractivity contribution in [1.82, 2.24) is 10.2 Å². The van der Waals surface area contributed by atoms with E-state index >= 15 is 0 Å². The van der Waals surface area contributed by atoms with Crippen LogP contribution in [0.5, 0.6) is 5.75 Å². The van der Waals surface area contributed by atoms with Gasteiger partial charge in [0.25, 0.3) is 5.91 Å². The molecule has 1 N–H and O–H groups in total. The molecule has 190 valence electrons. The standard InChI is InChI=1S/C31H38N2O3/c1-22(2)19-32-31(35)28(18-26-11-7-6-8-12-26)33(20-27-13-9-10-23(3)16-27)30(34)21-36-29-17-24(4)14-15-25(29)5/h6-17,22,28H,18-21H2,1-5H3,(H,32,35)/t28-/m0/s1. The van der Waals surface area contributed by atoms with Gasteiger partial charge in [0.1, 0.15) is 11.8 Å². The first-order chi connectivity index (χ1) is 17.2. The normalized spacial score (nSPS) is 11.7. The molecule has 0 unspecified atom stereocenters. The first-order valence-electron chi connectivity index (χ1n) is 12.6. The van der Waals surface area contributed by atoms with Crippen molar-refractivity contribution in [2.24, 2.45) is 5.92 Å². The van der Waals surface area contributed by atoms with Crippen molar-refractivity contribution < 1.29 is 14.3 Å². The summed E-state index contributed by atoms with van der Waals surface area (Å²) < 4.78 is 5.98. The monoisotopic (exact) mass is 486 g/mol. The van der Waals surface area contributed by atoms with Crippen molar-refractivity contribution in [1.29, 1.82) is 0 Å². The summed E-state index contributed by atoms with van der Waals surface area (Å²) >= 11 is 0. The molecule has 0 aliphatic heterocycles. The Hall–Kier alpha value is -3.60. The predicted molar refractivity (Wildman–Crippen MR) is 145 cm³/mol. The fourth-order valence-corrected chi connectivity index (χ4v) is 4.07. The van der Waals surface area contributed by atoms with Crippen LogP contribution in [0.15, 0.2) is 72.8 Å². The molecular weight excluding hydrogens is 448 g/mol. The third-order valence-corrected chi connectivity index (χ3v) is 6.09. The number of rotatable bonds is 11. The lowest BCUT2D eigenvalue weighted by Crippen LogP contribution is -2.52. The first kappa shape index (κ1) is 27.0. The lowest BCUT2D eigenvalue weighted by Gasteiger charge is -2.32. The highest BCUT2D eigenvalue weighted by Gasteiger charge is 2.30. The largest absolute Gasteiger partial charge is 0.483 e. The molecule has 0 saturated carbocycles. The van der Waals surface area contributed by atoms with E-state index in [1.807, 2.05) is 87.5 Å². The number of ether oxygens (including phenoxy) is 1. The van der Waals surface area contributed by atoms with Gasteiger partial charge in [-0.2, -0.15) is 0 Å². The lowest BCUT2D eigenvalue weighted by atomic mass is 10.0. The Morgan fingerprint density at radius 1 is 0.861 bits per heavy atom. The van der Waals surface area contributed by atoms with Crippen molar-refractivity contribution in [2.75, 3.05) is 13.2 Å². The highest BCUT2D eigenvalue weighted by Crippen LogP contribution is 2.20. The molecule has 0 aliphatic rings. The molecule has 2 amide bonds. The summed E-state index contributed by atoms with van der Waals surface area (Å²) in [7, 11) is 0. The summed E-state index contributed by atoms with van der Waals surface area (Å²) in [5, 5.41) is 3.05. The molecule has 5 heteroatoms. The van der Waals surface area contributed by atoms with Crippen LogP contribution in [0.3, 0.4) is 0 Å². The molecule has 0 aromatic heterocycles. The second-order valence-corrected chi connectivity index (χ2v) is 9.91. The van der Waals surface area contributed by atoms with E-state index in [0.29, 0.717) is 31.2 Å². The predicted octanol–water partition coefficient (Wildman–Crippen LogP) is 5.40. The maximum atomic E-state index is 13.7. The van der Waals surface area contributed by atoms with Crippen LogP contribution in [-0.4, -0.2) is 35.9 Å². The van der Waals surface area contributed by atoms with Crippen molar-refractivity contribution >= 4 is 11.8 Å². The Balaban J connectivity index is 1.92. The van der Waals surface area contributed by atoms with Crippen LogP contribution in [-0.2, 0) is 22.6 Å². The first-order valence-corrected chi connectivity index (χ1v) is 12.6. The van der Waals surface area contributed by atoms with E-state index in [2.05, 4.69) is 25.2 Å². The topological polar surface area (TPSA) is 58.6 Å². The third-order valence-electron chi connectivity index (χ3n) is 6.09. The van der Waals surface area contributed by atoms with Gasteiger partial charge in [-0.05, 0) is 55.0 Å². The number of aryl methyl sites for hydroxylation is 3. The van der Waals surface area contributed by atoms with Crippen molar-refractivity contribution in [3.63, 3.8) is 0 Å². The Labute approximate surface area is 215 Å². The van der Waals surface area contributed by atoms with E-state index < -0.39 is 6.04 Å². The fourth-order valence-electron chi connectivity index (χ4n) is 4.07. The SMILES string of the molecule is Cc1cccc(CN(C(=O)COc2cc(C)ccc2C)[C@@H](Cc2ccccc2)C(=O)NCC(C)C)c1. The van der Waals surface area contributed by atoms with E-state index in [0.717, 1.165) is 27.8 Å². The molecule has 0 fully saturated rings. The van der Waals surface area contributed by atoms with Gasteiger partial charge < -0.3 is 15.0 Å². The molecule has 3 aromatic carbocycles. The third kappa shape index (κ3) is 7.98. The van der Waals surface area contributed by atoms with Gasteiger partial charge in [-0.1, -0.05) is 86.1 Å². The van der Waals surface area contributed by atoms with E-state index in [-0.39, 0.29) is 18.4 Å². The van der Waals surface area contributed by atoms with Crippen molar-refractivity contribution in [3.05, 3.63) is 101 Å². The molecule has 36 heavy (non-hydrogen) atoms. The Bertz CT molecular complexity index is 1160. The minimum absolute atomic E-state index is 0.140. The smallest absolute Gasteiger partial charge is 0.261 e. The van der Waals surface area contributed by atoms with Gasteiger partial charge in [0.15, 0.2) is 6.61 Å². The molecular formula is C31H38N2O3. The van der Waals surface area contributed by atoms with Gasteiger partial charge in [0.05, 0.1) is 0 Å². The highest BCUT2D eigenvalue weighted by molar-refractivity contribution is 5.88. The number of hydrogen-bond acceptors (Lipinski definition) is 3. The summed E-state index contributed by atoms with van der Waals surface area (Å²) in [6.45, 7) is 10.8. The molecule has 3 aromatic rings. The number of carbonyl (C=O) groups excluding carboxylic acids is 2. The molecule has 0 aliphatic carbocycles. The van der Waals surface area contributed by atoms with Crippen LogP contribution in [0, 0.1) is 26.7 Å². The summed E-state index contributed by atoms with van der Waals surface area (Å²) in [5.74, 6) is 0.612. The van der Waals surface area contributed by atoms with E-state index in [1.165, 1.54) is 0 Å². The quantitative estimate of drug-likeness (QED) is 0.395. The van der Waals surface area contributed by atoms with Gasteiger partial charge in [0, 0.05) is 19.5 Å². The zero-order valence-corrected chi connectivity index (χ0v) is 22.1. The van der Waals surface area contributed by atoms with Crippen molar-refractivity contribution in [3.8, 4) is 5.75 Å². The summed E-state index contributed by atoms with van der Waals surface area (Å²) in [5.41, 5.74) is 5.11. The number of hydrogen-bond donors (Lipinski definition) is 1. The average Bonchev–Trinajstić information content (AvgIpc) is 2.85. The van der Waals surface area contributed by atoms with E-state index in [9.17, 15) is 9.59 Å². The van der Waals surface area contributed by atoms with Crippen LogP contribution >= 0.6 is 0 Å². The van der Waals surface area contributed by atoms with Crippen LogP contribution in [0.4, 0.5) is 0 Å². The molecule has 5 nitrogen and oxygen atoms in total. The van der Waals surface area contributed by atoms with Crippen LogP contribution in [0.25, 0.3) is 0 Å². The van der Waals surface area contributed by atoms with Crippen LogP contribution < -0.4 is 10.1 Å². The van der Waals surface area contributed by atoms with Gasteiger partial charge in [-0.25, -0.2) is 0 Å². The molecule has 3 rings (SSSR count). The zero-order valence-electron chi connectivity index (χ0n) is 22.1. The molecule has 0 radical (unpaired) electrons. The zero-order chi connectivity index (χ0) is 26.1. The number of benzene rings is 3. The average molecular weight is 487 g/mol. The van der Waals surface area contributed by atoms with E-state index in [4.69, 9.17) is 4.74 Å². The van der Waals surface area contributed by atoms with Gasteiger partial charge in [-0.15, -0.1) is 0 Å². The van der Waals surface area contributed by atoms with Gasteiger partial charge >= 0.3 is 0 Å². The number of amides is 2. The summed E-state index contributed by atoms with van der Waals surface area (Å²) in [6, 6.07) is 23.2. The number of carbonyl (C=O) groups is 2. The second kappa shape index (κ2) is 12.9. The molecule has 1 atom stereocenters. The summed E-state index contributed by atoms with van der Waals surface area (Å²) in [4.78, 5) is 28.8. The molecule has 0 heterocycles. The molecule has 0 saturated heterocycles. The van der Waals surface area contributed by atoms with Crippen LogP contribution in [0.2, 0.25) is 0 Å². The summed E-state index contributed by atoms with van der Waals surface area (Å²) in [6.07, 6.45) is 0.422. The highest BCUT2D eigenvalue weighted by atomic mass is 16.5. The fraction of sp³-hybridized carbons (Fsp3) is 0.355. The van der Waals surface area contributed by atoms with Crippen LogP contribution in [0.1, 0.15) is 41.7 Å². The Morgan fingerprint density at radius 2 is 1.56 bits per heavy atom. The maximum Gasteiger partial charge on any atom is 0.261 e. The number of nitrogens with zero attached hydrogens (tertiary/aromatic N) is 1. The Morgan fingerprint density at radius 3 is 2.25 bits per heavy atom.